The molecule has 7 heteroatoms. The lowest BCUT2D eigenvalue weighted by Gasteiger charge is -2.36. The van der Waals surface area contributed by atoms with Crippen LogP contribution < -0.4 is 10.1 Å². The van der Waals surface area contributed by atoms with E-state index in [9.17, 15) is 9.18 Å². The molecule has 3 rings (SSSR count). The van der Waals surface area contributed by atoms with E-state index in [1.165, 1.54) is 13.2 Å². The third kappa shape index (κ3) is 5.34. The van der Waals surface area contributed by atoms with Crippen molar-refractivity contribution in [1.29, 1.82) is 0 Å². The zero-order valence-corrected chi connectivity index (χ0v) is 16.7. The molecule has 0 saturated carbocycles. The summed E-state index contributed by atoms with van der Waals surface area (Å²) >= 11 is 6.10. The molecule has 0 aliphatic carbocycles. The molecule has 27 heavy (non-hydrogen) atoms. The molecule has 1 N–H and O–H groups in total. The maximum Gasteiger partial charge on any atom is 0.223 e. The Morgan fingerprint density at radius 2 is 2.15 bits per heavy atom. The number of nitrogens with one attached hydrogen (secondary N) is 1. The van der Waals surface area contributed by atoms with Gasteiger partial charge in [-0.15, -0.1) is 12.4 Å². The predicted octanol–water partition coefficient (Wildman–Crippen LogP) is 4.02. The van der Waals surface area contributed by atoms with Gasteiger partial charge in [-0.1, -0.05) is 29.8 Å². The summed E-state index contributed by atoms with van der Waals surface area (Å²) in [4.78, 5) is 14.7. The lowest BCUT2D eigenvalue weighted by molar-refractivity contribution is -0.134. The van der Waals surface area contributed by atoms with Crippen LogP contribution in [0.3, 0.4) is 0 Å². The zero-order chi connectivity index (χ0) is 18.5. The summed E-state index contributed by atoms with van der Waals surface area (Å²) in [6.07, 6.45) is 0.828. The van der Waals surface area contributed by atoms with Crippen molar-refractivity contribution in [1.82, 2.24) is 10.2 Å². The number of nitrogens with zero attached hydrogens (tertiary/aromatic N) is 1. The molecule has 0 radical (unpaired) electrons. The number of amides is 1. The number of carbonyl (C=O) groups is 1. The lowest BCUT2D eigenvalue weighted by Crippen LogP contribution is -2.48. The van der Waals surface area contributed by atoms with E-state index in [-0.39, 0.29) is 30.1 Å². The number of benzene rings is 2. The number of hydrogen-bond donors (Lipinski definition) is 1. The molecule has 146 valence electrons. The van der Waals surface area contributed by atoms with Crippen LogP contribution in [0.2, 0.25) is 5.02 Å². The SMILES string of the molecule is COc1ccc(CCC(=O)N2CCNCC2c2cccc(Cl)c2)cc1F.Cl. The first-order valence-electron chi connectivity index (χ1n) is 8.66. The minimum absolute atomic E-state index is 0. The van der Waals surface area contributed by atoms with E-state index in [4.69, 9.17) is 16.3 Å². The summed E-state index contributed by atoms with van der Waals surface area (Å²) < 4.78 is 18.7. The van der Waals surface area contributed by atoms with Gasteiger partial charge in [0, 0.05) is 31.1 Å². The Bertz CT molecular complexity index is 788. The Balaban J connectivity index is 0.00000261. The summed E-state index contributed by atoms with van der Waals surface area (Å²) in [6.45, 7) is 2.11. The number of carbonyl (C=O) groups excluding carboxylic acids is 1. The fourth-order valence-electron chi connectivity index (χ4n) is 3.27. The van der Waals surface area contributed by atoms with Crippen LogP contribution in [0.5, 0.6) is 5.75 Å². The molecular formula is C20H23Cl2FN2O2. The molecular weight excluding hydrogens is 390 g/mol. The van der Waals surface area contributed by atoms with Crippen LogP contribution in [0.1, 0.15) is 23.6 Å². The van der Waals surface area contributed by atoms with Crippen molar-refractivity contribution in [2.24, 2.45) is 0 Å². The van der Waals surface area contributed by atoms with Gasteiger partial charge in [-0.3, -0.25) is 4.79 Å². The van der Waals surface area contributed by atoms with Crippen LogP contribution in [-0.2, 0) is 11.2 Å². The molecule has 1 unspecified atom stereocenters. The van der Waals surface area contributed by atoms with Crippen molar-refractivity contribution in [2.75, 3.05) is 26.7 Å². The average Bonchev–Trinajstić information content (AvgIpc) is 2.66. The van der Waals surface area contributed by atoms with Crippen molar-refractivity contribution in [3.05, 3.63) is 64.4 Å². The van der Waals surface area contributed by atoms with E-state index in [2.05, 4.69) is 5.32 Å². The van der Waals surface area contributed by atoms with Gasteiger partial charge >= 0.3 is 0 Å². The van der Waals surface area contributed by atoms with Crippen molar-refractivity contribution < 1.29 is 13.9 Å². The zero-order valence-electron chi connectivity index (χ0n) is 15.1. The van der Waals surface area contributed by atoms with Crippen LogP contribution in [0.25, 0.3) is 0 Å². The number of ether oxygens (including phenoxy) is 1. The first-order chi connectivity index (χ1) is 12.6. The van der Waals surface area contributed by atoms with Gasteiger partial charge in [0.25, 0.3) is 0 Å². The summed E-state index contributed by atoms with van der Waals surface area (Å²) in [7, 11) is 1.43. The van der Waals surface area contributed by atoms with Gasteiger partial charge in [0.05, 0.1) is 13.2 Å². The molecule has 2 aromatic carbocycles. The molecule has 1 saturated heterocycles. The second kappa shape index (κ2) is 9.93. The smallest absolute Gasteiger partial charge is 0.223 e. The monoisotopic (exact) mass is 412 g/mol. The Labute approximate surface area is 170 Å². The Hall–Kier alpha value is -1.82. The fourth-order valence-corrected chi connectivity index (χ4v) is 3.47. The maximum atomic E-state index is 13.8. The summed E-state index contributed by atoms with van der Waals surface area (Å²) in [5.74, 6) is -0.132. The van der Waals surface area contributed by atoms with Gasteiger partial charge in [0.1, 0.15) is 0 Å². The number of hydrogen-bond acceptors (Lipinski definition) is 3. The molecule has 1 fully saturated rings. The second-order valence-electron chi connectivity index (χ2n) is 6.33. The number of piperazine rings is 1. The van der Waals surface area contributed by atoms with Gasteiger partial charge in [-0.2, -0.15) is 0 Å². The van der Waals surface area contributed by atoms with Crippen molar-refractivity contribution >= 4 is 29.9 Å². The van der Waals surface area contributed by atoms with Gasteiger partial charge < -0.3 is 15.0 Å². The van der Waals surface area contributed by atoms with E-state index in [0.29, 0.717) is 31.0 Å². The van der Waals surface area contributed by atoms with Crippen LogP contribution in [-0.4, -0.2) is 37.6 Å². The predicted molar refractivity (Wildman–Crippen MR) is 107 cm³/mol. The fraction of sp³-hybridized carbons (Fsp3) is 0.350. The number of rotatable bonds is 5. The van der Waals surface area contributed by atoms with Crippen molar-refractivity contribution in [2.45, 2.75) is 18.9 Å². The number of methoxy groups -OCH3 is 1. The highest BCUT2D eigenvalue weighted by Crippen LogP contribution is 2.26. The van der Waals surface area contributed by atoms with E-state index in [0.717, 1.165) is 17.7 Å². The molecule has 0 spiro atoms. The minimum Gasteiger partial charge on any atom is -0.494 e. The Morgan fingerprint density at radius 1 is 1.33 bits per heavy atom. The summed E-state index contributed by atoms with van der Waals surface area (Å²) in [5.41, 5.74) is 1.81. The number of aryl methyl sites for hydroxylation is 1. The average molecular weight is 413 g/mol. The van der Waals surface area contributed by atoms with Gasteiger partial charge in [-0.25, -0.2) is 4.39 Å². The molecule has 1 atom stereocenters. The highest BCUT2D eigenvalue weighted by atomic mass is 35.5. The number of halogens is 3. The first-order valence-corrected chi connectivity index (χ1v) is 9.04. The molecule has 1 heterocycles. The molecule has 1 amide bonds. The molecule has 1 aliphatic heterocycles. The van der Waals surface area contributed by atoms with Crippen LogP contribution in [0.4, 0.5) is 4.39 Å². The van der Waals surface area contributed by atoms with E-state index >= 15 is 0 Å². The van der Waals surface area contributed by atoms with Crippen LogP contribution in [0, 0.1) is 5.82 Å². The largest absolute Gasteiger partial charge is 0.494 e. The Morgan fingerprint density at radius 3 is 2.85 bits per heavy atom. The molecule has 2 aromatic rings. The van der Waals surface area contributed by atoms with Gasteiger partial charge in [0.15, 0.2) is 11.6 Å². The lowest BCUT2D eigenvalue weighted by atomic mass is 10.0. The summed E-state index contributed by atoms with van der Waals surface area (Å²) in [6, 6.07) is 12.4. The first kappa shape index (κ1) is 21.5. The van der Waals surface area contributed by atoms with Crippen molar-refractivity contribution in [3.63, 3.8) is 0 Å². The standard InChI is InChI=1S/C20H22ClFN2O2.ClH/c1-26-19-7-5-14(11-17(19)22)6-8-20(25)24-10-9-23-13-18(24)15-3-2-4-16(21)12-15;/h2-5,7,11-12,18,23H,6,8-10,13H2,1H3;1H. The molecule has 4 nitrogen and oxygen atoms in total. The Kier molecular flexibility index (Phi) is 7.90. The molecule has 1 aliphatic rings. The van der Waals surface area contributed by atoms with Gasteiger partial charge in [0.2, 0.25) is 5.91 Å². The maximum absolute atomic E-state index is 13.8. The third-order valence-electron chi connectivity index (χ3n) is 4.64. The van der Waals surface area contributed by atoms with E-state index in [1.54, 1.807) is 12.1 Å². The highest BCUT2D eigenvalue weighted by molar-refractivity contribution is 6.30. The quantitative estimate of drug-likeness (QED) is 0.806. The second-order valence-corrected chi connectivity index (χ2v) is 6.77. The highest BCUT2D eigenvalue weighted by Gasteiger charge is 2.27. The summed E-state index contributed by atoms with van der Waals surface area (Å²) in [5, 5.41) is 3.99. The molecule has 0 aromatic heterocycles. The van der Waals surface area contributed by atoms with Crippen molar-refractivity contribution in [3.8, 4) is 5.75 Å². The van der Waals surface area contributed by atoms with E-state index in [1.807, 2.05) is 29.2 Å². The van der Waals surface area contributed by atoms with Crippen LogP contribution in [0.15, 0.2) is 42.5 Å². The van der Waals surface area contributed by atoms with Gasteiger partial charge in [-0.05, 0) is 41.8 Å². The van der Waals surface area contributed by atoms with E-state index < -0.39 is 5.82 Å². The third-order valence-corrected chi connectivity index (χ3v) is 4.88. The topological polar surface area (TPSA) is 41.6 Å². The van der Waals surface area contributed by atoms with Crippen LogP contribution >= 0.6 is 24.0 Å². The normalized spacial score (nSPS) is 16.6. The minimum atomic E-state index is -0.406. The molecule has 0 bridgehead atoms.